The number of aliphatic hydroxyl groups is 1. The van der Waals surface area contributed by atoms with Crippen molar-refractivity contribution in [2.24, 2.45) is 0 Å². The van der Waals surface area contributed by atoms with Crippen molar-refractivity contribution in [1.29, 1.82) is 0 Å². The maximum Gasteiger partial charge on any atom is 0.126 e. The van der Waals surface area contributed by atoms with Crippen LogP contribution in [-0.4, -0.2) is 5.11 Å². The van der Waals surface area contributed by atoms with Gasteiger partial charge in [-0.05, 0) is 41.8 Å². The molecule has 1 unspecified atom stereocenters. The Balaban J connectivity index is 2.00. The Morgan fingerprint density at radius 1 is 1.15 bits per heavy atom. The molecule has 2 aromatic rings. The lowest BCUT2D eigenvalue weighted by Gasteiger charge is -2.11. The van der Waals surface area contributed by atoms with Crippen molar-refractivity contribution < 1.29 is 9.52 Å². The standard InChI is InChI=1S/C18H22O2/c1-2-3-4-10-18(19)16-8-5-7-15(14-16)11-12-17-9-6-13-20-17/h5-9,11-14,18-19H,2-4,10H2,1H3/b12-11+. The van der Waals surface area contributed by atoms with Crippen molar-refractivity contribution in [2.45, 2.75) is 38.7 Å². The third-order valence-electron chi connectivity index (χ3n) is 3.36. The number of rotatable bonds is 7. The van der Waals surface area contributed by atoms with Crippen LogP contribution in [0, 0.1) is 0 Å². The fourth-order valence-electron chi connectivity index (χ4n) is 2.19. The van der Waals surface area contributed by atoms with Gasteiger partial charge in [-0.1, -0.05) is 50.5 Å². The van der Waals surface area contributed by atoms with Crippen LogP contribution in [0.15, 0.2) is 47.1 Å². The van der Waals surface area contributed by atoms with E-state index < -0.39 is 0 Å². The molecule has 0 fully saturated rings. The van der Waals surface area contributed by atoms with Crippen molar-refractivity contribution in [2.75, 3.05) is 0 Å². The molecule has 2 heteroatoms. The molecule has 1 heterocycles. The van der Waals surface area contributed by atoms with E-state index in [4.69, 9.17) is 4.42 Å². The molecular formula is C18H22O2. The number of furan rings is 1. The second kappa shape index (κ2) is 7.71. The lowest BCUT2D eigenvalue weighted by Crippen LogP contribution is -1.97. The Morgan fingerprint density at radius 3 is 2.80 bits per heavy atom. The smallest absolute Gasteiger partial charge is 0.126 e. The van der Waals surface area contributed by atoms with Crippen LogP contribution in [0.2, 0.25) is 0 Å². The molecule has 0 aliphatic rings. The summed E-state index contributed by atoms with van der Waals surface area (Å²) in [6, 6.07) is 11.8. The number of hydrogen-bond donors (Lipinski definition) is 1. The second-order valence-corrected chi connectivity index (χ2v) is 5.03. The van der Waals surface area contributed by atoms with E-state index in [1.807, 2.05) is 48.6 Å². The van der Waals surface area contributed by atoms with Gasteiger partial charge < -0.3 is 9.52 Å². The summed E-state index contributed by atoms with van der Waals surface area (Å²) in [6.45, 7) is 2.17. The summed E-state index contributed by atoms with van der Waals surface area (Å²) in [7, 11) is 0. The molecule has 1 atom stereocenters. The zero-order valence-corrected chi connectivity index (χ0v) is 12.0. The van der Waals surface area contributed by atoms with E-state index in [1.54, 1.807) is 6.26 Å². The summed E-state index contributed by atoms with van der Waals surface area (Å²) >= 11 is 0. The van der Waals surface area contributed by atoms with Gasteiger partial charge in [0.1, 0.15) is 5.76 Å². The summed E-state index contributed by atoms with van der Waals surface area (Å²) in [5.41, 5.74) is 2.07. The Kier molecular flexibility index (Phi) is 5.63. The van der Waals surface area contributed by atoms with E-state index in [0.29, 0.717) is 0 Å². The zero-order chi connectivity index (χ0) is 14.2. The number of hydrogen-bond acceptors (Lipinski definition) is 2. The largest absolute Gasteiger partial charge is 0.465 e. The van der Waals surface area contributed by atoms with Crippen molar-refractivity contribution in [3.05, 3.63) is 59.5 Å². The third kappa shape index (κ3) is 4.39. The lowest BCUT2D eigenvalue weighted by atomic mass is 10.0. The average molecular weight is 270 g/mol. The minimum atomic E-state index is -0.362. The molecule has 0 saturated carbocycles. The monoisotopic (exact) mass is 270 g/mol. The van der Waals surface area contributed by atoms with Gasteiger partial charge in [0.2, 0.25) is 0 Å². The Labute approximate surface area is 120 Å². The molecule has 0 aliphatic heterocycles. The fourth-order valence-corrected chi connectivity index (χ4v) is 2.19. The molecule has 0 bridgehead atoms. The highest BCUT2D eigenvalue weighted by atomic mass is 16.3. The molecule has 2 rings (SSSR count). The Bertz CT molecular complexity index is 526. The van der Waals surface area contributed by atoms with Crippen LogP contribution in [-0.2, 0) is 0 Å². The minimum Gasteiger partial charge on any atom is -0.465 e. The van der Waals surface area contributed by atoms with E-state index in [9.17, 15) is 5.11 Å². The highest BCUT2D eigenvalue weighted by molar-refractivity contribution is 5.67. The highest BCUT2D eigenvalue weighted by Gasteiger charge is 2.06. The van der Waals surface area contributed by atoms with Crippen molar-refractivity contribution in [3.8, 4) is 0 Å². The lowest BCUT2D eigenvalue weighted by molar-refractivity contribution is 0.163. The minimum absolute atomic E-state index is 0.362. The van der Waals surface area contributed by atoms with Crippen LogP contribution in [0.25, 0.3) is 12.2 Å². The van der Waals surface area contributed by atoms with Crippen molar-refractivity contribution >= 4 is 12.2 Å². The van der Waals surface area contributed by atoms with Gasteiger partial charge in [0, 0.05) is 0 Å². The molecule has 1 aromatic heterocycles. The van der Waals surface area contributed by atoms with E-state index in [-0.39, 0.29) is 6.10 Å². The molecule has 20 heavy (non-hydrogen) atoms. The topological polar surface area (TPSA) is 33.4 Å². The maximum atomic E-state index is 10.2. The first-order valence-electron chi connectivity index (χ1n) is 7.29. The van der Waals surface area contributed by atoms with Crippen LogP contribution in [0.3, 0.4) is 0 Å². The third-order valence-corrected chi connectivity index (χ3v) is 3.36. The second-order valence-electron chi connectivity index (χ2n) is 5.03. The fraction of sp³-hybridized carbons (Fsp3) is 0.333. The van der Waals surface area contributed by atoms with E-state index in [1.165, 1.54) is 12.8 Å². The van der Waals surface area contributed by atoms with Gasteiger partial charge in [-0.15, -0.1) is 0 Å². The van der Waals surface area contributed by atoms with Gasteiger partial charge >= 0.3 is 0 Å². The average Bonchev–Trinajstić information content (AvgIpc) is 2.99. The quantitative estimate of drug-likeness (QED) is 0.713. The molecule has 0 spiro atoms. The summed E-state index contributed by atoms with van der Waals surface area (Å²) in [4.78, 5) is 0. The maximum absolute atomic E-state index is 10.2. The molecule has 1 N–H and O–H groups in total. The summed E-state index contributed by atoms with van der Waals surface area (Å²) in [5, 5.41) is 10.2. The number of aliphatic hydroxyl groups excluding tert-OH is 1. The first-order chi connectivity index (χ1) is 9.79. The van der Waals surface area contributed by atoms with Crippen LogP contribution in [0.5, 0.6) is 0 Å². The van der Waals surface area contributed by atoms with Crippen molar-refractivity contribution in [1.82, 2.24) is 0 Å². The van der Waals surface area contributed by atoms with Gasteiger partial charge in [0.05, 0.1) is 12.4 Å². The predicted molar refractivity (Wildman–Crippen MR) is 83.2 cm³/mol. The van der Waals surface area contributed by atoms with Gasteiger partial charge in [0.25, 0.3) is 0 Å². The molecule has 0 saturated heterocycles. The highest BCUT2D eigenvalue weighted by Crippen LogP contribution is 2.21. The molecule has 0 aliphatic carbocycles. The normalized spacial score (nSPS) is 12.9. The van der Waals surface area contributed by atoms with Crippen LogP contribution in [0.4, 0.5) is 0 Å². The molecule has 106 valence electrons. The SMILES string of the molecule is CCCCCC(O)c1cccc(/C=C/c2ccco2)c1. The van der Waals surface area contributed by atoms with Crippen molar-refractivity contribution in [3.63, 3.8) is 0 Å². The number of benzene rings is 1. The van der Waals surface area contributed by atoms with E-state index >= 15 is 0 Å². The van der Waals surface area contributed by atoms with Crippen LogP contribution >= 0.6 is 0 Å². The first-order valence-corrected chi connectivity index (χ1v) is 7.29. The molecular weight excluding hydrogens is 248 g/mol. The summed E-state index contributed by atoms with van der Waals surface area (Å²) in [6.07, 6.45) is 9.49. The molecule has 1 aromatic carbocycles. The van der Waals surface area contributed by atoms with Gasteiger partial charge in [-0.25, -0.2) is 0 Å². The van der Waals surface area contributed by atoms with Gasteiger partial charge in [-0.2, -0.15) is 0 Å². The first kappa shape index (κ1) is 14.6. The van der Waals surface area contributed by atoms with E-state index in [0.717, 1.165) is 29.7 Å². The zero-order valence-electron chi connectivity index (χ0n) is 12.0. The predicted octanol–water partition coefficient (Wildman–Crippen LogP) is 5.06. The van der Waals surface area contributed by atoms with Crippen LogP contribution in [0.1, 0.15) is 55.6 Å². The summed E-state index contributed by atoms with van der Waals surface area (Å²) in [5.74, 6) is 0.832. The van der Waals surface area contributed by atoms with Gasteiger partial charge in [-0.3, -0.25) is 0 Å². The van der Waals surface area contributed by atoms with Gasteiger partial charge in [0.15, 0.2) is 0 Å². The molecule has 0 radical (unpaired) electrons. The Hall–Kier alpha value is -1.80. The Morgan fingerprint density at radius 2 is 2.05 bits per heavy atom. The van der Waals surface area contributed by atoms with E-state index in [2.05, 4.69) is 6.92 Å². The number of unbranched alkanes of at least 4 members (excludes halogenated alkanes) is 2. The summed E-state index contributed by atoms with van der Waals surface area (Å²) < 4.78 is 5.26. The van der Waals surface area contributed by atoms with Crippen LogP contribution < -0.4 is 0 Å². The molecule has 2 nitrogen and oxygen atoms in total. The molecule has 0 amide bonds.